The van der Waals surface area contributed by atoms with Crippen LogP contribution < -0.4 is 10.2 Å². The quantitative estimate of drug-likeness (QED) is 0.718. The number of rotatable bonds is 8. The second kappa shape index (κ2) is 8.20. The molecule has 0 spiro atoms. The zero-order chi connectivity index (χ0) is 16.8. The van der Waals surface area contributed by atoms with Crippen molar-refractivity contribution >= 4 is 22.9 Å². The molecule has 1 unspecified atom stereocenters. The minimum atomic E-state index is 0.383. The van der Waals surface area contributed by atoms with E-state index in [4.69, 9.17) is 14.1 Å². The van der Waals surface area contributed by atoms with Crippen LogP contribution in [0.3, 0.4) is 0 Å². The van der Waals surface area contributed by atoms with E-state index in [0.717, 1.165) is 38.2 Å². The molecule has 1 aliphatic heterocycles. The number of aromatic nitrogens is 4. The Morgan fingerprint density at radius 1 is 1.12 bits per heavy atom. The first-order valence-corrected chi connectivity index (χ1v) is 8.32. The Balaban J connectivity index is 1.90. The van der Waals surface area contributed by atoms with Gasteiger partial charge in [-0.3, -0.25) is 0 Å². The monoisotopic (exact) mass is 336 g/mol. The maximum Gasteiger partial charge on any atom is 0.245 e. The van der Waals surface area contributed by atoms with Crippen LogP contribution in [0.25, 0.3) is 11.3 Å². The van der Waals surface area contributed by atoms with Crippen molar-refractivity contribution in [3.8, 4) is 0 Å². The summed E-state index contributed by atoms with van der Waals surface area (Å²) < 4.78 is 15.1. The van der Waals surface area contributed by atoms with Gasteiger partial charge in [-0.15, -0.1) is 0 Å². The Bertz CT molecular complexity index is 649. The molecule has 0 aromatic carbocycles. The topological polar surface area (TPSA) is 98.4 Å². The van der Waals surface area contributed by atoms with Crippen LogP contribution in [-0.4, -0.2) is 66.8 Å². The zero-order valence-electron chi connectivity index (χ0n) is 14.2. The lowest BCUT2D eigenvalue weighted by molar-refractivity contribution is 0.182. The summed E-state index contributed by atoms with van der Waals surface area (Å²) in [6.45, 7) is 2.91. The fourth-order valence-corrected chi connectivity index (χ4v) is 3.05. The molecule has 0 saturated carbocycles. The van der Waals surface area contributed by atoms with E-state index in [0.29, 0.717) is 36.3 Å². The zero-order valence-corrected chi connectivity index (χ0v) is 14.2. The third-order valence-corrected chi connectivity index (χ3v) is 4.25. The Kier molecular flexibility index (Phi) is 5.76. The second-order valence-electron chi connectivity index (χ2n) is 5.85. The second-order valence-corrected chi connectivity index (χ2v) is 5.85. The van der Waals surface area contributed by atoms with Gasteiger partial charge in [0.2, 0.25) is 11.3 Å². The number of nitrogens with one attached hydrogen (secondary N) is 1. The average Bonchev–Trinajstić information content (AvgIpc) is 3.07. The lowest BCUT2D eigenvalue weighted by atomic mass is 9.99. The Hall–Kier alpha value is -2.00. The van der Waals surface area contributed by atoms with Gasteiger partial charge in [0.15, 0.2) is 11.6 Å². The third kappa shape index (κ3) is 3.73. The summed E-state index contributed by atoms with van der Waals surface area (Å²) in [5.41, 5.74) is 0.836. The van der Waals surface area contributed by atoms with Crippen LogP contribution in [0.2, 0.25) is 0 Å². The number of anilines is 2. The van der Waals surface area contributed by atoms with Crippen molar-refractivity contribution in [1.82, 2.24) is 20.3 Å². The maximum atomic E-state index is 5.26. The predicted molar refractivity (Wildman–Crippen MR) is 89.2 cm³/mol. The van der Waals surface area contributed by atoms with Crippen molar-refractivity contribution in [3.05, 3.63) is 0 Å². The van der Waals surface area contributed by atoms with E-state index in [-0.39, 0.29) is 0 Å². The minimum absolute atomic E-state index is 0.383. The largest absolute Gasteiger partial charge is 0.385 e. The van der Waals surface area contributed by atoms with Gasteiger partial charge < -0.3 is 19.7 Å². The van der Waals surface area contributed by atoms with E-state index < -0.39 is 0 Å². The van der Waals surface area contributed by atoms with Crippen LogP contribution in [0.1, 0.15) is 25.7 Å². The molecular weight excluding hydrogens is 312 g/mol. The Morgan fingerprint density at radius 3 is 2.71 bits per heavy atom. The summed E-state index contributed by atoms with van der Waals surface area (Å²) in [5.74, 6) is 1.50. The molecule has 3 rings (SSSR count). The van der Waals surface area contributed by atoms with Crippen LogP contribution in [-0.2, 0) is 9.47 Å². The summed E-state index contributed by atoms with van der Waals surface area (Å²) in [6, 6.07) is 0.383. The van der Waals surface area contributed by atoms with Gasteiger partial charge in [0.1, 0.15) is 0 Å². The van der Waals surface area contributed by atoms with E-state index in [1.54, 1.807) is 14.2 Å². The van der Waals surface area contributed by atoms with Crippen LogP contribution >= 0.6 is 0 Å². The van der Waals surface area contributed by atoms with Gasteiger partial charge >= 0.3 is 0 Å². The maximum absolute atomic E-state index is 5.26. The number of ether oxygens (including phenoxy) is 2. The molecule has 1 N–H and O–H groups in total. The first-order chi connectivity index (χ1) is 11.8. The first kappa shape index (κ1) is 16.8. The molecule has 3 heterocycles. The summed E-state index contributed by atoms with van der Waals surface area (Å²) in [7, 11) is 3.41. The summed E-state index contributed by atoms with van der Waals surface area (Å²) in [6.07, 6.45) is 4.44. The van der Waals surface area contributed by atoms with Crippen molar-refractivity contribution in [2.45, 2.75) is 31.7 Å². The van der Waals surface area contributed by atoms with Crippen molar-refractivity contribution in [3.63, 3.8) is 0 Å². The number of hydrogen-bond acceptors (Lipinski definition) is 9. The summed E-state index contributed by atoms with van der Waals surface area (Å²) in [5, 5.41) is 10.9. The average molecular weight is 336 g/mol. The van der Waals surface area contributed by atoms with E-state index in [1.807, 2.05) is 0 Å². The number of fused-ring (bicyclic) bond motifs is 1. The number of hydrogen-bond donors (Lipinski definition) is 1. The van der Waals surface area contributed by atoms with Gasteiger partial charge in [-0.05, 0) is 36.0 Å². The molecule has 0 radical (unpaired) electrons. The highest BCUT2D eigenvalue weighted by Crippen LogP contribution is 2.30. The van der Waals surface area contributed by atoms with Crippen LogP contribution in [0, 0.1) is 0 Å². The molecule has 1 atom stereocenters. The van der Waals surface area contributed by atoms with Crippen molar-refractivity contribution in [1.29, 1.82) is 0 Å². The van der Waals surface area contributed by atoms with E-state index >= 15 is 0 Å². The Labute approximate surface area is 140 Å². The molecule has 0 bridgehead atoms. The molecular formula is C15H24N6O3. The first-order valence-electron chi connectivity index (χ1n) is 8.32. The lowest BCUT2D eigenvalue weighted by Gasteiger charge is -2.37. The van der Waals surface area contributed by atoms with Crippen molar-refractivity contribution in [2.75, 3.05) is 50.7 Å². The molecule has 132 valence electrons. The normalized spacial score (nSPS) is 18.2. The highest BCUT2D eigenvalue weighted by Gasteiger charge is 2.27. The highest BCUT2D eigenvalue weighted by molar-refractivity contribution is 5.74. The smallest absolute Gasteiger partial charge is 0.245 e. The lowest BCUT2D eigenvalue weighted by Crippen LogP contribution is -2.41. The molecule has 2 aromatic rings. The predicted octanol–water partition coefficient (Wildman–Crippen LogP) is 1.47. The molecule has 1 saturated heterocycles. The molecule has 2 aromatic heterocycles. The third-order valence-electron chi connectivity index (χ3n) is 4.25. The standard InChI is InChI=1S/C15H24N6O3/c1-22-9-6-11-5-3-4-8-21(11)15-14(16-7-10-23-2)17-12-13(18-15)20-24-19-12/h11H,3-10H2,1-2H3,(H,16,17,19). The minimum Gasteiger partial charge on any atom is -0.385 e. The highest BCUT2D eigenvalue weighted by atomic mass is 16.6. The molecule has 9 heteroatoms. The summed E-state index contributed by atoms with van der Waals surface area (Å²) in [4.78, 5) is 11.5. The molecule has 1 aliphatic rings. The fraction of sp³-hybridized carbons (Fsp3) is 0.733. The van der Waals surface area contributed by atoms with Gasteiger partial charge in [0.05, 0.1) is 6.61 Å². The Morgan fingerprint density at radius 2 is 1.92 bits per heavy atom. The molecule has 1 fully saturated rings. The molecule has 0 aliphatic carbocycles. The van der Waals surface area contributed by atoms with Crippen molar-refractivity contribution < 1.29 is 14.1 Å². The number of piperidine rings is 1. The van der Waals surface area contributed by atoms with Gasteiger partial charge in [0, 0.05) is 40.0 Å². The van der Waals surface area contributed by atoms with E-state index in [2.05, 4.69) is 30.5 Å². The van der Waals surface area contributed by atoms with Gasteiger partial charge in [-0.1, -0.05) is 0 Å². The van der Waals surface area contributed by atoms with Crippen molar-refractivity contribution in [2.24, 2.45) is 0 Å². The SMILES string of the molecule is COCCNc1nc2nonc2nc1N1CCCCC1CCOC. The van der Waals surface area contributed by atoms with E-state index in [9.17, 15) is 0 Å². The molecule has 9 nitrogen and oxygen atoms in total. The molecule has 24 heavy (non-hydrogen) atoms. The summed E-state index contributed by atoms with van der Waals surface area (Å²) >= 11 is 0. The van der Waals surface area contributed by atoms with Crippen LogP contribution in [0.15, 0.2) is 4.63 Å². The fourth-order valence-electron chi connectivity index (χ4n) is 3.05. The molecule has 0 amide bonds. The van der Waals surface area contributed by atoms with Gasteiger partial charge in [-0.2, -0.15) is 0 Å². The van der Waals surface area contributed by atoms with Gasteiger partial charge in [-0.25, -0.2) is 14.6 Å². The van der Waals surface area contributed by atoms with Crippen LogP contribution in [0.5, 0.6) is 0 Å². The van der Waals surface area contributed by atoms with E-state index in [1.165, 1.54) is 6.42 Å². The number of methoxy groups -OCH3 is 2. The number of nitrogens with zero attached hydrogens (tertiary/aromatic N) is 5. The van der Waals surface area contributed by atoms with Gasteiger partial charge in [0.25, 0.3) is 0 Å². The van der Waals surface area contributed by atoms with Crippen LogP contribution in [0.4, 0.5) is 11.6 Å².